The maximum absolute atomic E-state index is 13.7. The molecule has 0 spiro atoms. The Kier molecular flexibility index (Phi) is 4.40. The lowest BCUT2D eigenvalue weighted by atomic mass is 10.0. The van der Waals surface area contributed by atoms with Crippen LogP contribution in [-0.4, -0.2) is 5.78 Å². The van der Waals surface area contributed by atoms with E-state index < -0.39 is 5.82 Å². The molecule has 0 amide bonds. The largest absolute Gasteiger partial charge is 0.288 e. The van der Waals surface area contributed by atoms with E-state index in [0.717, 1.165) is 3.57 Å². The summed E-state index contributed by atoms with van der Waals surface area (Å²) in [6, 6.07) is 9.24. The maximum atomic E-state index is 13.7. The summed E-state index contributed by atoms with van der Waals surface area (Å²) in [7, 11) is 0. The molecule has 0 aliphatic heterocycles. The first-order valence-electron chi connectivity index (χ1n) is 4.94. The fourth-order valence-corrected chi connectivity index (χ4v) is 2.60. The third-order valence-electron chi connectivity index (χ3n) is 2.35. The van der Waals surface area contributed by atoms with Gasteiger partial charge in [0.25, 0.3) is 0 Å². The van der Waals surface area contributed by atoms with E-state index in [-0.39, 0.29) is 11.3 Å². The lowest BCUT2D eigenvalue weighted by Crippen LogP contribution is -2.06. The van der Waals surface area contributed by atoms with Crippen molar-refractivity contribution in [2.24, 2.45) is 0 Å². The summed E-state index contributed by atoms with van der Waals surface area (Å²) in [5, 5.41) is 0.453. The number of halogens is 4. The van der Waals surface area contributed by atoms with Crippen LogP contribution in [0, 0.1) is 9.39 Å². The van der Waals surface area contributed by atoms with Crippen LogP contribution in [0.2, 0.25) is 5.02 Å². The molecule has 0 saturated heterocycles. The molecule has 2 rings (SSSR count). The number of benzene rings is 2. The first kappa shape index (κ1) is 14.0. The molecule has 0 fully saturated rings. The fraction of sp³-hybridized carbons (Fsp3) is 0. The highest BCUT2D eigenvalue weighted by molar-refractivity contribution is 14.1. The van der Waals surface area contributed by atoms with Crippen LogP contribution < -0.4 is 0 Å². The SMILES string of the molecule is O=C(c1cc(Br)ccc1F)c1cc(Cl)ccc1I. The zero-order valence-electron chi connectivity index (χ0n) is 8.88. The predicted molar refractivity (Wildman–Crippen MR) is 81.7 cm³/mol. The van der Waals surface area contributed by atoms with Crippen molar-refractivity contribution < 1.29 is 9.18 Å². The highest BCUT2D eigenvalue weighted by atomic mass is 127. The molecule has 5 heteroatoms. The summed E-state index contributed by atoms with van der Waals surface area (Å²) in [5.41, 5.74) is 0.435. The molecule has 2 aromatic rings. The summed E-state index contributed by atoms with van der Waals surface area (Å²) in [6.07, 6.45) is 0. The minimum Gasteiger partial charge on any atom is -0.288 e. The van der Waals surface area contributed by atoms with Crippen molar-refractivity contribution >= 4 is 55.9 Å². The van der Waals surface area contributed by atoms with Crippen LogP contribution in [0.25, 0.3) is 0 Å². The maximum Gasteiger partial charge on any atom is 0.197 e. The molecule has 0 saturated carbocycles. The van der Waals surface area contributed by atoms with Gasteiger partial charge in [0.15, 0.2) is 5.78 Å². The standard InChI is InChI=1S/C13H6BrClFIO/c14-7-1-3-11(16)9(5-7)13(18)10-6-8(15)2-4-12(10)17/h1-6H. The zero-order chi connectivity index (χ0) is 13.3. The van der Waals surface area contributed by atoms with E-state index in [2.05, 4.69) is 15.9 Å². The highest BCUT2D eigenvalue weighted by Gasteiger charge is 2.17. The first-order chi connectivity index (χ1) is 8.49. The molecule has 0 unspecified atom stereocenters. The van der Waals surface area contributed by atoms with Crippen LogP contribution in [-0.2, 0) is 0 Å². The average Bonchev–Trinajstić information content (AvgIpc) is 2.34. The molecule has 18 heavy (non-hydrogen) atoms. The second-order valence-corrected chi connectivity index (χ2v) is 6.09. The Morgan fingerprint density at radius 1 is 1.17 bits per heavy atom. The Bertz CT molecular complexity index is 577. The molecule has 1 nitrogen and oxygen atoms in total. The Labute approximate surface area is 131 Å². The van der Waals surface area contributed by atoms with Gasteiger partial charge in [0, 0.05) is 18.6 Å². The Hall–Kier alpha value is -0.460. The number of carbonyl (C=O) groups is 1. The topological polar surface area (TPSA) is 17.1 Å². The molecule has 0 atom stereocenters. The van der Waals surface area contributed by atoms with Gasteiger partial charge in [-0.1, -0.05) is 27.5 Å². The van der Waals surface area contributed by atoms with Crippen molar-refractivity contribution in [3.05, 3.63) is 66.4 Å². The Morgan fingerprint density at radius 3 is 2.61 bits per heavy atom. The van der Waals surface area contributed by atoms with Gasteiger partial charge in [-0.05, 0) is 59.0 Å². The van der Waals surface area contributed by atoms with Crippen molar-refractivity contribution in [2.45, 2.75) is 0 Å². The summed E-state index contributed by atoms with van der Waals surface area (Å²) >= 11 is 11.1. The zero-order valence-corrected chi connectivity index (χ0v) is 13.4. The second kappa shape index (κ2) is 5.67. The van der Waals surface area contributed by atoms with Crippen molar-refractivity contribution in [1.29, 1.82) is 0 Å². The lowest BCUT2D eigenvalue weighted by Gasteiger charge is -2.06. The summed E-state index contributed by atoms with van der Waals surface area (Å²) in [6.45, 7) is 0. The quantitative estimate of drug-likeness (QED) is 0.471. The van der Waals surface area contributed by atoms with Crippen molar-refractivity contribution in [1.82, 2.24) is 0 Å². The minimum atomic E-state index is -0.543. The van der Waals surface area contributed by atoms with Gasteiger partial charge < -0.3 is 0 Å². The van der Waals surface area contributed by atoms with Crippen LogP contribution in [0.5, 0.6) is 0 Å². The second-order valence-electron chi connectivity index (χ2n) is 3.58. The van der Waals surface area contributed by atoms with Gasteiger partial charge in [-0.25, -0.2) is 4.39 Å². The van der Waals surface area contributed by atoms with Gasteiger partial charge in [0.1, 0.15) is 5.82 Å². The summed E-state index contributed by atoms with van der Waals surface area (Å²) in [4.78, 5) is 12.3. The van der Waals surface area contributed by atoms with E-state index in [9.17, 15) is 9.18 Å². The molecular weight excluding hydrogens is 433 g/mol. The fourth-order valence-electron chi connectivity index (χ4n) is 1.49. The van der Waals surface area contributed by atoms with Gasteiger partial charge in [0.05, 0.1) is 5.56 Å². The van der Waals surface area contributed by atoms with Gasteiger partial charge in [-0.3, -0.25) is 4.79 Å². The number of carbonyl (C=O) groups excluding carboxylic acids is 1. The molecule has 0 aliphatic carbocycles. The van der Waals surface area contributed by atoms with Crippen LogP contribution in [0.3, 0.4) is 0 Å². The number of ketones is 1. The van der Waals surface area contributed by atoms with Gasteiger partial charge in [-0.2, -0.15) is 0 Å². The normalized spacial score (nSPS) is 10.4. The van der Waals surface area contributed by atoms with Crippen LogP contribution in [0.15, 0.2) is 40.9 Å². The van der Waals surface area contributed by atoms with E-state index in [1.165, 1.54) is 12.1 Å². The average molecular weight is 439 g/mol. The van der Waals surface area contributed by atoms with Crippen LogP contribution in [0.4, 0.5) is 4.39 Å². The monoisotopic (exact) mass is 438 g/mol. The summed E-state index contributed by atoms with van der Waals surface area (Å²) in [5.74, 6) is -0.917. The molecular formula is C13H6BrClFIO. The number of hydrogen-bond acceptors (Lipinski definition) is 1. The molecule has 0 aromatic heterocycles. The number of rotatable bonds is 2. The van der Waals surface area contributed by atoms with E-state index >= 15 is 0 Å². The van der Waals surface area contributed by atoms with Crippen molar-refractivity contribution in [3.63, 3.8) is 0 Å². The smallest absolute Gasteiger partial charge is 0.197 e. The third kappa shape index (κ3) is 2.92. The van der Waals surface area contributed by atoms with E-state index in [1.807, 2.05) is 22.6 Å². The molecule has 0 radical (unpaired) electrons. The highest BCUT2D eigenvalue weighted by Crippen LogP contribution is 2.24. The Morgan fingerprint density at radius 2 is 1.89 bits per heavy atom. The predicted octanol–water partition coefficient (Wildman–Crippen LogP) is 5.08. The van der Waals surface area contributed by atoms with Crippen LogP contribution in [0.1, 0.15) is 15.9 Å². The minimum absolute atomic E-state index is 0.0320. The third-order valence-corrected chi connectivity index (χ3v) is 4.02. The molecule has 0 aliphatic rings. The number of hydrogen-bond donors (Lipinski definition) is 0. The van der Waals surface area contributed by atoms with Gasteiger partial charge in [-0.15, -0.1) is 0 Å². The molecule has 0 bridgehead atoms. The van der Waals surface area contributed by atoms with Crippen LogP contribution >= 0.6 is 50.1 Å². The Balaban J connectivity index is 2.54. The van der Waals surface area contributed by atoms with Crippen molar-refractivity contribution in [2.75, 3.05) is 0 Å². The molecule has 0 heterocycles. The van der Waals surface area contributed by atoms with E-state index in [0.29, 0.717) is 15.1 Å². The van der Waals surface area contributed by atoms with Crippen molar-refractivity contribution in [3.8, 4) is 0 Å². The van der Waals surface area contributed by atoms with Gasteiger partial charge >= 0.3 is 0 Å². The lowest BCUT2D eigenvalue weighted by molar-refractivity contribution is 0.103. The molecule has 2 aromatic carbocycles. The molecule has 0 N–H and O–H groups in total. The molecule has 92 valence electrons. The van der Waals surface area contributed by atoms with Gasteiger partial charge in [0.2, 0.25) is 0 Å². The first-order valence-corrected chi connectivity index (χ1v) is 7.19. The summed E-state index contributed by atoms with van der Waals surface area (Å²) < 4.78 is 15.1. The van der Waals surface area contributed by atoms with E-state index in [1.54, 1.807) is 24.3 Å². The van der Waals surface area contributed by atoms with E-state index in [4.69, 9.17) is 11.6 Å².